The van der Waals surface area contributed by atoms with Gasteiger partial charge in [-0.25, -0.2) is 4.68 Å². The van der Waals surface area contributed by atoms with Crippen LogP contribution in [-0.4, -0.2) is 53.5 Å². The number of nitrogens with one attached hydrogen (secondary N) is 1. The SMILES string of the molecule is COc1cccc(N2CC[NH+](Cc3nnnn3C3CCCCC3)CC2)c1. The second-order valence-electron chi connectivity index (χ2n) is 7.45. The molecule has 1 saturated carbocycles. The minimum absolute atomic E-state index is 0.506. The van der Waals surface area contributed by atoms with Gasteiger partial charge in [0.2, 0.25) is 5.82 Å². The quantitative estimate of drug-likeness (QED) is 0.868. The van der Waals surface area contributed by atoms with E-state index >= 15 is 0 Å². The molecule has 0 radical (unpaired) electrons. The van der Waals surface area contributed by atoms with Crippen LogP contribution in [0.3, 0.4) is 0 Å². The van der Waals surface area contributed by atoms with Crippen molar-refractivity contribution in [1.29, 1.82) is 0 Å². The molecule has 2 aliphatic rings. The van der Waals surface area contributed by atoms with E-state index in [-0.39, 0.29) is 0 Å². The van der Waals surface area contributed by atoms with Crippen molar-refractivity contribution in [2.75, 3.05) is 38.2 Å². The van der Waals surface area contributed by atoms with Crippen LogP contribution >= 0.6 is 0 Å². The molecule has 7 nitrogen and oxygen atoms in total. The smallest absolute Gasteiger partial charge is 0.206 e. The number of piperazine rings is 1. The Kier molecular flexibility index (Phi) is 5.34. The second kappa shape index (κ2) is 8.03. The molecule has 0 amide bonds. The highest BCUT2D eigenvalue weighted by Crippen LogP contribution is 2.27. The molecule has 1 aliphatic heterocycles. The fourth-order valence-corrected chi connectivity index (χ4v) is 4.23. The van der Waals surface area contributed by atoms with Gasteiger partial charge >= 0.3 is 0 Å². The van der Waals surface area contributed by atoms with Gasteiger partial charge in [0.05, 0.1) is 39.3 Å². The van der Waals surface area contributed by atoms with Crippen LogP contribution in [0.25, 0.3) is 0 Å². The first-order valence-corrected chi connectivity index (χ1v) is 9.83. The molecule has 0 unspecified atom stereocenters. The number of anilines is 1. The summed E-state index contributed by atoms with van der Waals surface area (Å²) in [4.78, 5) is 4.01. The van der Waals surface area contributed by atoms with Gasteiger partial charge in [-0.1, -0.05) is 25.3 Å². The van der Waals surface area contributed by atoms with Gasteiger partial charge < -0.3 is 14.5 Å². The molecule has 1 N–H and O–H groups in total. The van der Waals surface area contributed by atoms with Crippen molar-refractivity contribution in [3.63, 3.8) is 0 Å². The van der Waals surface area contributed by atoms with E-state index in [0.717, 1.165) is 44.3 Å². The Balaban J connectivity index is 1.35. The summed E-state index contributed by atoms with van der Waals surface area (Å²) in [5.41, 5.74) is 1.25. The zero-order valence-electron chi connectivity index (χ0n) is 15.6. The van der Waals surface area contributed by atoms with Crippen molar-refractivity contribution in [2.45, 2.75) is 44.7 Å². The van der Waals surface area contributed by atoms with Gasteiger partial charge in [0.25, 0.3) is 0 Å². The lowest BCUT2D eigenvalue weighted by atomic mass is 9.95. The summed E-state index contributed by atoms with van der Waals surface area (Å²) in [7, 11) is 1.72. The average Bonchev–Trinajstić information content (AvgIpc) is 3.17. The first-order valence-electron chi connectivity index (χ1n) is 9.83. The van der Waals surface area contributed by atoms with Gasteiger partial charge in [-0.2, -0.15) is 0 Å². The molecule has 2 fully saturated rings. The summed E-state index contributed by atoms with van der Waals surface area (Å²) in [5.74, 6) is 1.98. The van der Waals surface area contributed by atoms with E-state index in [1.54, 1.807) is 12.0 Å². The van der Waals surface area contributed by atoms with E-state index in [4.69, 9.17) is 4.74 Å². The van der Waals surface area contributed by atoms with E-state index in [9.17, 15) is 0 Å². The van der Waals surface area contributed by atoms with Gasteiger partial charge in [-0.3, -0.25) is 0 Å². The third kappa shape index (κ3) is 3.82. The molecule has 2 heterocycles. The minimum Gasteiger partial charge on any atom is -0.497 e. The Morgan fingerprint density at radius 1 is 1.15 bits per heavy atom. The minimum atomic E-state index is 0.506. The molecule has 0 atom stereocenters. The maximum absolute atomic E-state index is 5.35. The van der Waals surface area contributed by atoms with E-state index in [1.807, 2.05) is 6.07 Å². The highest BCUT2D eigenvalue weighted by molar-refractivity contribution is 5.50. The number of hydrogen-bond donors (Lipinski definition) is 1. The summed E-state index contributed by atoms with van der Waals surface area (Å²) in [5, 5.41) is 12.6. The van der Waals surface area contributed by atoms with Crippen LogP contribution in [0.1, 0.15) is 44.0 Å². The number of benzene rings is 1. The Bertz CT molecular complexity index is 704. The number of nitrogens with zero attached hydrogens (tertiary/aromatic N) is 5. The van der Waals surface area contributed by atoms with Crippen LogP contribution in [0.2, 0.25) is 0 Å². The van der Waals surface area contributed by atoms with Crippen LogP contribution in [0.4, 0.5) is 5.69 Å². The number of tetrazole rings is 1. The molecule has 0 spiro atoms. The first-order chi connectivity index (χ1) is 12.8. The fourth-order valence-electron chi connectivity index (χ4n) is 4.23. The number of ether oxygens (including phenoxy) is 1. The zero-order chi connectivity index (χ0) is 17.8. The molecular formula is C19H29N6O+. The number of rotatable bonds is 5. The predicted molar refractivity (Wildman–Crippen MR) is 99.5 cm³/mol. The van der Waals surface area contributed by atoms with E-state index in [1.165, 1.54) is 37.8 Å². The Morgan fingerprint density at radius 2 is 1.96 bits per heavy atom. The summed E-state index contributed by atoms with van der Waals surface area (Å²) >= 11 is 0. The van der Waals surface area contributed by atoms with Crippen molar-refractivity contribution in [1.82, 2.24) is 20.2 Å². The van der Waals surface area contributed by atoms with Crippen LogP contribution < -0.4 is 14.5 Å². The molecule has 140 valence electrons. The van der Waals surface area contributed by atoms with E-state index in [2.05, 4.69) is 43.3 Å². The topological polar surface area (TPSA) is 60.5 Å². The molecule has 0 bridgehead atoms. The maximum Gasteiger partial charge on any atom is 0.206 e. The van der Waals surface area contributed by atoms with Crippen molar-refractivity contribution in [3.05, 3.63) is 30.1 Å². The Labute approximate surface area is 154 Å². The van der Waals surface area contributed by atoms with Crippen LogP contribution in [0.5, 0.6) is 5.75 Å². The number of quaternary nitrogens is 1. The van der Waals surface area contributed by atoms with Gasteiger partial charge in [-0.05, 0) is 35.4 Å². The molecular weight excluding hydrogens is 328 g/mol. The van der Waals surface area contributed by atoms with Crippen molar-refractivity contribution in [3.8, 4) is 5.75 Å². The molecule has 2 aromatic rings. The summed E-state index contributed by atoms with van der Waals surface area (Å²) in [6.07, 6.45) is 6.39. The largest absolute Gasteiger partial charge is 0.497 e. The Morgan fingerprint density at radius 3 is 2.73 bits per heavy atom. The van der Waals surface area contributed by atoms with Crippen LogP contribution in [0, 0.1) is 0 Å². The van der Waals surface area contributed by atoms with Crippen molar-refractivity contribution < 1.29 is 9.64 Å². The van der Waals surface area contributed by atoms with Gasteiger partial charge in [0.15, 0.2) is 0 Å². The zero-order valence-corrected chi connectivity index (χ0v) is 15.6. The molecule has 1 aromatic carbocycles. The summed E-state index contributed by atoms with van der Waals surface area (Å²) in [6, 6.07) is 8.85. The second-order valence-corrected chi connectivity index (χ2v) is 7.45. The van der Waals surface area contributed by atoms with Gasteiger partial charge in [-0.15, -0.1) is 5.10 Å². The lowest BCUT2D eigenvalue weighted by Gasteiger charge is -2.33. The molecule has 1 aromatic heterocycles. The van der Waals surface area contributed by atoms with E-state index < -0.39 is 0 Å². The molecule has 26 heavy (non-hydrogen) atoms. The van der Waals surface area contributed by atoms with Crippen molar-refractivity contribution in [2.24, 2.45) is 0 Å². The highest BCUT2D eigenvalue weighted by atomic mass is 16.5. The molecule has 1 saturated heterocycles. The molecule has 7 heteroatoms. The Hall–Kier alpha value is -2.15. The van der Waals surface area contributed by atoms with Crippen molar-refractivity contribution >= 4 is 5.69 Å². The lowest BCUT2D eigenvalue weighted by molar-refractivity contribution is -0.915. The standard InChI is InChI=1S/C19H28N6O/c1-26-18-9-5-8-17(14-18)24-12-10-23(11-13-24)15-19-20-21-22-25(19)16-6-3-2-4-7-16/h5,8-9,14,16H,2-4,6-7,10-13,15H2,1H3/p+1. The summed E-state index contributed by atoms with van der Waals surface area (Å²) < 4.78 is 7.46. The number of methoxy groups -OCH3 is 1. The van der Waals surface area contributed by atoms with Gasteiger partial charge in [0.1, 0.15) is 12.3 Å². The van der Waals surface area contributed by atoms with E-state index in [0.29, 0.717) is 6.04 Å². The summed E-state index contributed by atoms with van der Waals surface area (Å²) in [6.45, 7) is 5.24. The van der Waals surface area contributed by atoms with Crippen LogP contribution in [-0.2, 0) is 6.54 Å². The normalized spacial score (nSPS) is 19.7. The number of aromatic nitrogens is 4. The first kappa shape index (κ1) is 17.3. The molecule has 1 aliphatic carbocycles. The van der Waals surface area contributed by atoms with Gasteiger partial charge in [0, 0.05) is 11.8 Å². The maximum atomic E-state index is 5.35. The number of hydrogen-bond acceptors (Lipinski definition) is 5. The lowest BCUT2D eigenvalue weighted by Crippen LogP contribution is -3.13. The monoisotopic (exact) mass is 357 g/mol. The highest BCUT2D eigenvalue weighted by Gasteiger charge is 2.25. The predicted octanol–water partition coefficient (Wildman–Crippen LogP) is 1.09. The third-order valence-electron chi connectivity index (χ3n) is 5.78. The van der Waals surface area contributed by atoms with Crippen LogP contribution in [0.15, 0.2) is 24.3 Å². The fraction of sp³-hybridized carbons (Fsp3) is 0.632. The third-order valence-corrected chi connectivity index (χ3v) is 5.78. The average molecular weight is 357 g/mol. The molecule has 4 rings (SSSR count).